The lowest BCUT2D eigenvalue weighted by molar-refractivity contribution is -0.117. The van der Waals surface area contributed by atoms with E-state index in [4.69, 9.17) is 4.42 Å². The summed E-state index contributed by atoms with van der Waals surface area (Å²) in [5, 5.41) is 26.2. The predicted octanol–water partition coefficient (Wildman–Crippen LogP) is 6.21. The van der Waals surface area contributed by atoms with Crippen molar-refractivity contribution in [1.82, 2.24) is 9.88 Å². The molecule has 0 radical (unpaired) electrons. The van der Waals surface area contributed by atoms with E-state index in [2.05, 4.69) is 33.5 Å². The maximum absolute atomic E-state index is 13.7. The van der Waals surface area contributed by atoms with Crippen LogP contribution in [-0.2, 0) is 4.79 Å². The molecule has 11 heteroatoms. The molecule has 216 valence electrons. The van der Waals surface area contributed by atoms with Gasteiger partial charge >= 0.3 is 0 Å². The topological polar surface area (TPSA) is 131 Å². The van der Waals surface area contributed by atoms with Crippen LogP contribution in [0.1, 0.15) is 42.3 Å². The molecule has 3 heterocycles. The number of aromatic nitrogens is 1. The molecule has 1 aliphatic heterocycles. The number of nitrogens with zero attached hydrogens (tertiary/aromatic N) is 3. The number of hydrogen-bond acceptors (Lipinski definition) is 7. The minimum Gasteiger partial charge on any atom is -0.507 e. The van der Waals surface area contributed by atoms with Crippen molar-refractivity contribution in [2.24, 2.45) is 0 Å². The number of benzene rings is 2. The Hall–Kier alpha value is -4.72. The van der Waals surface area contributed by atoms with Gasteiger partial charge in [0.2, 0.25) is 5.91 Å². The number of aromatic hydroxyl groups is 1. The number of phenolic OH excluding ortho intramolecular Hbond substituents is 1. The second kappa shape index (κ2) is 13.3. The van der Waals surface area contributed by atoms with Gasteiger partial charge in [0, 0.05) is 35.3 Å². The summed E-state index contributed by atoms with van der Waals surface area (Å²) < 4.78 is 18.9. The predicted molar refractivity (Wildman–Crippen MR) is 159 cm³/mol. The molecule has 42 heavy (non-hydrogen) atoms. The van der Waals surface area contributed by atoms with Crippen LogP contribution in [0.15, 0.2) is 71.3 Å². The molecule has 0 unspecified atom stereocenters. The van der Waals surface area contributed by atoms with Gasteiger partial charge in [-0.1, -0.05) is 19.1 Å². The molecule has 1 atom stereocenters. The van der Waals surface area contributed by atoms with E-state index in [1.54, 1.807) is 36.4 Å². The van der Waals surface area contributed by atoms with Gasteiger partial charge in [-0.3, -0.25) is 9.59 Å². The fourth-order valence-corrected chi connectivity index (χ4v) is 5.15. The van der Waals surface area contributed by atoms with Crippen molar-refractivity contribution in [2.75, 3.05) is 23.7 Å². The van der Waals surface area contributed by atoms with Crippen LogP contribution in [0.3, 0.4) is 0 Å². The van der Waals surface area contributed by atoms with Crippen LogP contribution >= 0.6 is 12.4 Å². The molecule has 0 bridgehead atoms. The summed E-state index contributed by atoms with van der Waals surface area (Å²) in [5.74, 6) is -1.77. The molecule has 0 spiro atoms. The first-order valence-electron chi connectivity index (χ1n) is 13.3. The first-order chi connectivity index (χ1) is 19.9. The Morgan fingerprint density at radius 1 is 1.14 bits per heavy atom. The summed E-state index contributed by atoms with van der Waals surface area (Å²) in [4.78, 5) is 32.4. The van der Waals surface area contributed by atoms with Gasteiger partial charge in [-0.25, -0.2) is 9.37 Å². The van der Waals surface area contributed by atoms with Crippen LogP contribution in [0.5, 0.6) is 5.75 Å². The van der Waals surface area contributed by atoms with E-state index in [-0.39, 0.29) is 58.5 Å². The Bertz CT molecular complexity index is 1640. The lowest BCUT2D eigenvalue weighted by Gasteiger charge is -2.22. The van der Waals surface area contributed by atoms with E-state index in [1.807, 2.05) is 0 Å². The molecular weight excluding hydrogens is 561 g/mol. The van der Waals surface area contributed by atoms with Crippen LogP contribution < -0.4 is 10.6 Å². The highest BCUT2D eigenvalue weighted by atomic mass is 35.5. The van der Waals surface area contributed by atoms with Gasteiger partial charge in [0.25, 0.3) is 5.91 Å². The largest absolute Gasteiger partial charge is 0.507 e. The van der Waals surface area contributed by atoms with E-state index in [0.717, 1.165) is 32.0 Å². The van der Waals surface area contributed by atoms with E-state index >= 15 is 0 Å². The number of nitrogens with one attached hydrogen (secondary N) is 2. The van der Waals surface area contributed by atoms with Gasteiger partial charge in [-0.2, -0.15) is 5.26 Å². The average Bonchev–Trinajstić information content (AvgIpc) is 3.65. The van der Waals surface area contributed by atoms with Gasteiger partial charge in [0.05, 0.1) is 12.0 Å². The quantitative estimate of drug-likeness (QED) is 0.222. The van der Waals surface area contributed by atoms with Crippen LogP contribution in [0.4, 0.5) is 15.9 Å². The summed E-state index contributed by atoms with van der Waals surface area (Å²) >= 11 is 0. The summed E-state index contributed by atoms with van der Waals surface area (Å²) in [6.07, 6.45) is 3.78. The van der Waals surface area contributed by atoms with Crippen molar-refractivity contribution in [3.63, 3.8) is 0 Å². The number of halogens is 2. The summed E-state index contributed by atoms with van der Waals surface area (Å²) in [6.45, 7) is 3.98. The zero-order chi connectivity index (χ0) is 28.9. The monoisotopic (exact) mass is 589 g/mol. The second-order valence-corrected chi connectivity index (χ2v) is 9.74. The standard InChI is InChI=1S/C31H28FN5O4.ClH/c1-2-37-12-4-8-22(37)16-29(39)34-21-7-3-6-19(14-21)24-17-26(23-11-10-20(32)15-27(23)38)35-30(25(24)18-33)36-31(40)28-9-5-13-41-28;/h3,5-7,9-11,13-15,17,22,38H,2,4,8,12,16H2,1H3,(H,34,39)(H,35,36,40);1H/t22-;/m0./s1. The zero-order valence-electron chi connectivity index (χ0n) is 22.8. The van der Waals surface area contributed by atoms with Crippen molar-refractivity contribution in [3.8, 4) is 34.2 Å². The highest BCUT2D eigenvalue weighted by molar-refractivity contribution is 6.03. The fraction of sp³-hybridized carbons (Fsp3) is 0.226. The number of likely N-dealkylation sites (tertiary alicyclic amines) is 1. The molecule has 5 rings (SSSR count). The van der Waals surface area contributed by atoms with E-state index in [1.165, 1.54) is 24.5 Å². The maximum Gasteiger partial charge on any atom is 0.292 e. The Morgan fingerprint density at radius 2 is 1.98 bits per heavy atom. The van der Waals surface area contributed by atoms with Crippen molar-refractivity contribution >= 4 is 35.7 Å². The van der Waals surface area contributed by atoms with Gasteiger partial charge in [0.15, 0.2) is 11.6 Å². The van der Waals surface area contributed by atoms with Gasteiger partial charge in [-0.15, -0.1) is 12.4 Å². The maximum atomic E-state index is 13.7. The van der Waals surface area contributed by atoms with Crippen LogP contribution in [-0.4, -0.2) is 45.9 Å². The molecule has 1 aliphatic rings. The van der Waals surface area contributed by atoms with E-state index in [0.29, 0.717) is 23.2 Å². The Labute approximate surface area is 248 Å². The number of carbonyl (C=O) groups excluding carboxylic acids is 2. The highest BCUT2D eigenvalue weighted by Gasteiger charge is 2.25. The molecule has 4 aromatic rings. The number of hydrogen-bond donors (Lipinski definition) is 3. The smallest absolute Gasteiger partial charge is 0.292 e. The molecule has 9 nitrogen and oxygen atoms in total. The van der Waals surface area contributed by atoms with Crippen molar-refractivity contribution < 1.29 is 23.5 Å². The molecule has 2 aromatic carbocycles. The third-order valence-corrected chi connectivity index (χ3v) is 7.13. The normalized spacial score (nSPS) is 14.5. The average molecular weight is 590 g/mol. The Morgan fingerprint density at radius 3 is 2.69 bits per heavy atom. The molecule has 0 saturated carbocycles. The second-order valence-electron chi connectivity index (χ2n) is 9.74. The molecule has 2 aromatic heterocycles. The Kier molecular flexibility index (Phi) is 9.57. The van der Waals surface area contributed by atoms with Crippen LogP contribution in [0, 0.1) is 17.1 Å². The summed E-state index contributed by atoms with van der Waals surface area (Å²) in [5.41, 5.74) is 1.95. The molecule has 2 amide bonds. The first-order valence-corrected chi connectivity index (χ1v) is 13.3. The molecule has 3 N–H and O–H groups in total. The van der Waals surface area contributed by atoms with Gasteiger partial charge in [0.1, 0.15) is 23.2 Å². The van der Waals surface area contributed by atoms with E-state index < -0.39 is 11.7 Å². The molecule has 1 saturated heterocycles. The summed E-state index contributed by atoms with van der Waals surface area (Å²) in [6, 6.07) is 17.4. The van der Waals surface area contributed by atoms with Crippen molar-refractivity contribution in [1.29, 1.82) is 5.26 Å². The highest BCUT2D eigenvalue weighted by Crippen LogP contribution is 2.36. The minimum atomic E-state index is -0.630. The lowest BCUT2D eigenvalue weighted by Crippen LogP contribution is -2.32. The zero-order valence-corrected chi connectivity index (χ0v) is 23.6. The van der Waals surface area contributed by atoms with Crippen LogP contribution in [0.2, 0.25) is 0 Å². The molecule has 0 aliphatic carbocycles. The molecule has 1 fully saturated rings. The lowest BCUT2D eigenvalue weighted by atomic mass is 9.97. The third kappa shape index (κ3) is 6.60. The number of carbonyl (C=O) groups is 2. The SMILES string of the molecule is CCN1CCC[C@H]1CC(=O)Nc1cccc(-c2cc(-c3ccc(F)cc3O)nc(NC(=O)c3ccco3)c2C#N)c1.Cl. The number of phenols is 1. The summed E-state index contributed by atoms with van der Waals surface area (Å²) in [7, 11) is 0. The Balaban J connectivity index is 0.00000405. The number of anilines is 2. The number of rotatable bonds is 8. The minimum absolute atomic E-state index is 0. The van der Waals surface area contributed by atoms with E-state index in [9.17, 15) is 24.3 Å². The number of nitriles is 1. The third-order valence-electron chi connectivity index (χ3n) is 7.13. The van der Waals surface area contributed by atoms with Crippen LogP contribution in [0.25, 0.3) is 22.4 Å². The molecular formula is C31H29ClFN5O4. The number of pyridine rings is 1. The number of amides is 2. The van der Waals surface area contributed by atoms with Gasteiger partial charge < -0.3 is 25.1 Å². The first kappa shape index (κ1) is 30.2. The van der Waals surface area contributed by atoms with Crippen molar-refractivity contribution in [3.05, 3.63) is 84.1 Å². The van der Waals surface area contributed by atoms with Gasteiger partial charge in [-0.05, 0) is 74.0 Å². The number of furan rings is 1. The van der Waals surface area contributed by atoms with Crippen molar-refractivity contribution in [2.45, 2.75) is 32.2 Å². The fourth-order valence-electron chi connectivity index (χ4n) is 5.15.